The highest BCUT2D eigenvalue weighted by Crippen LogP contribution is 2.23. The van der Waals surface area contributed by atoms with Gasteiger partial charge in [0.2, 0.25) is 5.91 Å². The van der Waals surface area contributed by atoms with Crippen LogP contribution in [-0.4, -0.2) is 34.2 Å². The second-order valence-electron chi connectivity index (χ2n) is 6.02. The molecule has 6 nitrogen and oxygen atoms in total. The highest BCUT2D eigenvalue weighted by atomic mass is 16.1. The Morgan fingerprint density at radius 3 is 2.79 bits per heavy atom. The third kappa shape index (κ3) is 6.33. The van der Waals surface area contributed by atoms with Gasteiger partial charge in [0.25, 0.3) is 0 Å². The average molecular weight is 267 g/mol. The molecular formula is C13H25N5O. The summed E-state index contributed by atoms with van der Waals surface area (Å²) in [6, 6.07) is 0. The molecule has 0 saturated carbocycles. The summed E-state index contributed by atoms with van der Waals surface area (Å²) in [4.78, 5) is 16.0. The lowest BCUT2D eigenvalue weighted by Gasteiger charge is -2.24. The van der Waals surface area contributed by atoms with Crippen molar-refractivity contribution in [3.63, 3.8) is 0 Å². The van der Waals surface area contributed by atoms with Crippen molar-refractivity contribution >= 4 is 5.91 Å². The van der Waals surface area contributed by atoms with Gasteiger partial charge in [-0.3, -0.25) is 9.89 Å². The van der Waals surface area contributed by atoms with E-state index in [4.69, 9.17) is 5.73 Å². The molecule has 0 aliphatic carbocycles. The SMILES string of the molecule is CC(C)(C)CC(CN)C(=O)NCCCc1ncn[nH]1. The number of aromatic nitrogens is 3. The number of amides is 1. The summed E-state index contributed by atoms with van der Waals surface area (Å²) in [5, 5.41) is 9.51. The zero-order valence-electron chi connectivity index (χ0n) is 12.1. The zero-order valence-corrected chi connectivity index (χ0v) is 12.1. The quantitative estimate of drug-likeness (QED) is 0.638. The third-order valence-corrected chi connectivity index (χ3v) is 2.87. The number of aryl methyl sites for hydroxylation is 1. The Labute approximate surface area is 114 Å². The Bertz CT molecular complexity index is 369. The zero-order chi connectivity index (χ0) is 14.3. The van der Waals surface area contributed by atoms with Crippen molar-refractivity contribution in [2.45, 2.75) is 40.0 Å². The summed E-state index contributed by atoms with van der Waals surface area (Å²) in [5.41, 5.74) is 5.79. The normalized spacial score (nSPS) is 13.3. The first-order valence-electron chi connectivity index (χ1n) is 6.74. The molecule has 1 atom stereocenters. The first-order valence-corrected chi connectivity index (χ1v) is 6.74. The van der Waals surface area contributed by atoms with E-state index in [-0.39, 0.29) is 17.2 Å². The topological polar surface area (TPSA) is 96.7 Å². The lowest BCUT2D eigenvalue weighted by molar-refractivity contribution is -0.125. The number of aromatic amines is 1. The van der Waals surface area contributed by atoms with Crippen molar-refractivity contribution in [2.75, 3.05) is 13.1 Å². The van der Waals surface area contributed by atoms with Crippen molar-refractivity contribution in [3.8, 4) is 0 Å². The van der Waals surface area contributed by atoms with Crippen LogP contribution in [0.25, 0.3) is 0 Å². The van der Waals surface area contributed by atoms with Gasteiger partial charge in [-0.25, -0.2) is 4.98 Å². The fourth-order valence-corrected chi connectivity index (χ4v) is 1.99. The molecule has 1 rings (SSSR count). The first-order chi connectivity index (χ1) is 8.92. The highest BCUT2D eigenvalue weighted by molar-refractivity contribution is 5.78. The molecule has 4 N–H and O–H groups in total. The van der Waals surface area contributed by atoms with Gasteiger partial charge in [-0.05, 0) is 18.3 Å². The minimum atomic E-state index is -0.106. The van der Waals surface area contributed by atoms with Gasteiger partial charge < -0.3 is 11.1 Å². The Morgan fingerprint density at radius 1 is 1.53 bits per heavy atom. The van der Waals surface area contributed by atoms with E-state index < -0.39 is 0 Å². The number of carbonyl (C=O) groups excluding carboxylic acids is 1. The van der Waals surface area contributed by atoms with Crippen LogP contribution in [0.3, 0.4) is 0 Å². The molecule has 6 heteroatoms. The molecule has 1 heterocycles. The van der Waals surface area contributed by atoms with E-state index in [1.54, 1.807) is 0 Å². The van der Waals surface area contributed by atoms with Gasteiger partial charge >= 0.3 is 0 Å². The van der Waals surface area contributed by atoms with Crippen LogP contribution in [0.5, 0.6) is 0 Å². The van der Waals surface area contributed by atoms with Gasteiger partial charge in [-0.1, -0.05) is 20.8 Å². The fraction of sp³-hybridized carbons (Fsp3) is 0.769. The second-order valence-corrected chi connectivity index (χ2v) is 6.02. The molecular weight excluding hydrogens is 242 g/mol. The summed E-state index contributed by atoms with van der Waals surface area (Å²) in [6.07, 6.45) is 3.92. The van der Waals surface area contributed by atoms with Crippen LogP contribution in [0.2, 0.25) is 0 Å². The Balaban J connectivity index is 2.25. The minimum Gasteiger partial charge on any atom is -0.356 e. The van der Waals surface area contributed by atoms with Crippen LogP contribution in [0, 0.1) is 11.3 Å². The average Bonchev–Trinajstić information content (AvgIpc) is 2.83. The van der Waals surface area contributed by atoms with Crippen molar-refractivity contribution in [2.24, 2.45) is 17.1 Å². The smallest absolute Gasteiger partial charge is 0.224 e. The van der Waals surface area contributed by atoms with Gasteiger partial charge in [-0.15, -0.1) is 0 Å². The predicted molar refractivity (Wildman–Crippen MR) is 74.3 cm³/mol. The minimum absolute atomic E-state index is 0.0509. The molecule has 1 amide bonds. The molecule has 0 radical (unpaired) electrons. The Hall–Kier alpha value is -1.43. The number of hydrogen-bond donors (Lipinski definition) is 3. The number of nitrogens with one attached hydrogen (secondary N) is 2. The fourth-order valence-electron chi connectivity index (χ4n) is 1.99. The van der Waals surface area contributed by atoms with E-state index in [1.807, 2.05) is 0 Å². The van der Waals surface area contributed by atoms with Crippen molar-refractivity contribution in [1.82, 2.24) is 20.5 Å². The molecule has 0 saturated heterocycles. The van der Waals surface area contributed by atoms with Gasteiger partial charge in [0.1, 0.15) is 12.2 Å². The van der Waals surface area contributed by atoms with Crippen LogP contribution in [-0.2, 0) is 11.2 Å². The Kier molecular flexibility index (Phi) is 5.95. The number of H-pyrrole nitrogens is 1. The molecule has 1 aromatic rings. The summed E-state index contributed by atoms with van der Waals surface area (Å²) in [6.45, 7) is 7.39. The molecule has 0 fully saturated rings. The number of nitrogens with zero attached hydrogens (tertiary/aromatic N) is 2. The van der Waals surface area contributed by atoms with Crippen molar-refractivity contribution in [3.05, 3.63) is 12.2 Å². The highest BCUT2D eigenvalue weighted by Gasteiger charge is 2.23. The molecule has 0 bridgehead atoms. The van der Waals surface area contributed by atoms with Gasteiger partial charge in [0.05, 0.1) is 5.92 Å². The number of hydrogen-bond acceptors (Lipinski definition) is 4. The largest absolute Gasteiger partial charge is 0.356 e. The van der Waals surface area contributed by atoms with Crippen LogP contribution in [0.1, 0.15) is 39.4 Å². The summed E-state index contributed by atoms with van der Waals surface area (Å²) >= 11 is 0. The van der Waals surface area contributed by atoms with Gasteiger partial charge in [0.15, 0.2) is 0 Å². The maximum Gasteiger partial charge on any atom is 0.224 e. The lowest BCUT2D eigenvalue weighted by Crippen LogP contribution is -2.37. The van der Waals surface area contributed by atoms with Crippen molar-refractivity contribution < 1.29 is 4.79 Å². The van der Waals surface area contributed by atoms with Crippen LogP contribution in [0.4, 0.5) is 0 Å². The summed E-state index contributed by atoms with van der Waals surface area (Å²) < 4.78 is 0. The van der Waals surface area contributed by atoms with E-state index in [2.05, 4.69) is 41.3 Å². The van der Waals surface area contributed by atoms with Crippen LogP contribution >= 0.6 is 0 Å². The monoisotopic (exact) mass is 267 g/mol. The number of carbonyl (C=O) groups is 1. The van der Waals surface area contributed by atoms with E-state index >= 15 is 0 Å². The standard InChI is InChI=1S/C13H25N5O/c1-13(2,3)7-10(8-14)12(19)15-6-4-5-11-16-9-17-18-11/h9-10H,4-8,14H2,1-3H3,(H,15,19)(H,16,17,18). The van der Waals surface area contributed by atoms with Gasteiger partial charge in [0, 0.05) is 19.5 Å². The van der Waals surface area contributed by atoms with E-state index in [0.717, 1.165) is 25.1 Å². The number of rotatable bonds is 7. The molecule has 1 aromatic heterocycles. The van der Waals surface area contributed by atoms with Crippen LogP contribution < -0.4 is 11.1 Å². The van der Waals surface area contributed by atoms with E-state index in [1.165, 1.54) is 6.33 Å². The summed E-state index contributed by atoms with van der Waals surface area (Å²) in [7, 11) is 0. The van der Waals surface area contributed by atoms with E-state index in [0.29, 0.717) is 13.1 Å². The molecule has 108 valence electrons. The molecule has 1 unspecified atom stereocenters. The predicted octanol–water partition coefficient (Wildman–Crippen LogP) is 0.865. The summed E-state index contributed by atoms with van der Waals surface area (Å²) in [5.74, 6) is 0.791. The third-order valence-electron chi connectivity index (χ3n) is 2.87. The van der Waals surface area contributed by atoms with Crippen LogP contribution in [0.15, 0.2) is 6.33 Å². The molecule has 0 spiro atoms. The first kappa shape index (κ1) is 15.6. The molecule has 0 aliphatic rings. The molecule has 0 aliphatic heterocycles. The molecule has 19 heavy (non-hydrogen) atoms. The van der Waals surface area contributed by atoms with E-state index in [9.17, 15) is 4.79 Å². The second kappa shape index (κ2) is 7.23. The number of nitrogens with two attached hydrogens (primary N) is 1. The van der Waals surface area contributed by atoms with Crippen molar-refractivity contribution in [1.29, 1.82) is 0 Å². The maximum atomic E-state index is 12.0. The maximum absolute atomic E-state index is 12.0. The van der Waals surface area contributed by atoms with Gasteiger partial charge in [-0.2, -0.15) is 5.10 Å². The Morgan fingerprint density at radius 2 is 2.26 bits per heavy atom. The lowest BCUT2D eigenvalue weighted by atomic mass is 9.84. The molecule has 0 aromatic carbocycles.